The Bertz CT molecular complexity index is 1030. The van der Waals surface area contributed by atoms with Gasteiger partial charge in [-0.1, -0.05) is 61.9 Å². The molecule has 4 rings (SSSR count). The largest absolute Gasteiger partial charge is 0.480 e. The number of alkyl carbamates (subject to hydrolysis) is 1. The summed E-state index contributed by atoms with van der Waals surface area (Å²) in [6.07, 6.45) is -0.223. The lowest BCUT2D eigenvalue weighted by Crippen LogP contribution is -2.45. The first-order valence-corrected chi connectivity index (χ1v) is 11.7. The minimum atomic E-state index is -1.14. The van der Waals surface area contributed by atoms with Gasteiger partial charge in [0.1, 0.15) is 12.6 Å². The lowest BCUT2D eigenvalue weighted by molar-refractivity contribution is -0.148. The molecule has 1 aliphatic heterocycles. The molecule has 2 amide bonds. The number of rotatable bonds is 8. The summed E-state index contributed by atoms with van der Waals surface area (Å²) < 4.78 is 5.59. The quantitative estimate of drug-likeness (QED) is 0.551. The highest BCUT2D eigenvalue weighted by molar-refractivity contribution is 5.85. The van der Waals surface area contributed by atoms with Crippen molar-refractivity contribution in [3.63, 3.8) is 0 Å². The van der Waals surface area contributed by atoms with Crippen LogP contribution in [0.4, 0.5) is 4.79 Å². The van der Waals surface area contributed by atoms with E-state index in [0.717, 1.165) is 28.7 Å². The molecule has 1 saturated heterocycles. The third-order valence-corrected chi connectivity index (χ3v) is 6.61. The van der Waals surface area contributed by atoms with Crippen LogP contribution in [0.1, 0.15) is 49.7 Å². The Labute approximate surface area is 198 Å². The standard InChI is InChI=1S/C26H30N2O6/c1-2-7-16(12-24(30)28-14-17(29)13-23(28)25(31)32)27-26(33)34-15-22-20-10-5-3-8-18(20)19-9-4-6-11-21(19)22/h3-6,8-11,16-17,22-23,29H,2,7,12-15H2,1H3,(H,27,33)(H,31,32)/t16?,17-,23-/m1/s1. The number of aliphatic carboxylic acids is 1. The van der Waals surface area contributed by atoms with Crippen LogP contribution in [-0.2, 0) is 14.3 Å². The molecule has 3 atom stereocenters. The fourth-order valence-electron chi connectivity index (χ4n) is 5.03. The maximum atomic E-state index is 12.8. The van der Waals surface area contributed by atoms with Crippen LogP contribution in [0.25, 0.3) is 11.1 Å². The molecule has 2 aromatic rings. The van der Waals surface area contributed by atoms with E-state index in [-0.39, 0.29) is 31.9 Å². The highest BCUT2D eigenvalue weighted by Gasteiger charge is 2.39. The van der Waals surface area contributed by atoms with Crippen LogP contribution < -0.4 is 5.32 Å². The number of hydrogen-bond donors (Lipinski definition) is 3. The number of fused-ring (bicyclic) bond motifs is 3. The van der Waals surface area contributed by atoms with Gasteiger partial charge in [0.05, 0.1) is 6.10 Å². The van der Waals surface area contributed by atoms with E-state index in [1.165, 1.54) is 4.90 Å². The Morgan fingerprint density at radius 3 is 2.29 bits per heavy atom. The molecule has 8 heteroatoms. The van der Waals surface area contributed by atoms with Crippen molar-refractivity contribution in [1.82, 2.24) is 10.2 Å². The first kappa shape index (κ1) is 23.8. The first-order chi connectivity index (χ1) is 16.4. The molecular weight excluding hydrogens is 436 g/mol. The zero-order chi connectivity index (χ0) is 24.2. The minimum absolute atomic E-state index is 0.0132. The van der Waals surface area contributed by atoms with Gasteiger partial charge in [-0.05, 0) is 28.7 Å². The highest BCUT2D eigenvalue weighted by Crippen LogP contribution is 2.44. The van der Waals surface area contributed by atoms with Gasteiger partial charge < -0.3 is 25.2 Å². The molecule has 0 bridgehead atoms. The summed E-state index contributed by atoms with van der Waals surface area (Å²) in [7, 11) is 0. The maximum absolute atomic E-state index is 12.8. The molecule has 0 aromatic heterocycles. The van der Waals surface area contributed by atoms with E-state index in [9.17, 15) is 24.6 Å². The molecule has 180 valence electrons. The number of likely N-dealkylation sites (tertiary alicyclic amines) is 1. The number of ether oxygens (including phenoxy) is 1. The van der Waals surface area contributed by atoms with E-state index in [4.69, 9.17) is 4.74 Å². The molecular formula is C26H30N2O6. The van der Waals surface area contributed by atoms with Crippen molar-refractivity contribution >= 4 is 18.0 Å². The van der Waals surface area contributed by atoms with E-state index >= 15 is 0 Å². The molecule has 2 aliphatic rings. The number of β-amino-alcohol motifs (C(OH)–C–C–N with tert-alkyl or cyclic N) is 1. The van der Waals surface area contributed by atoms with Gasteiger partial charge in [0.2, 0.25) is 5.91 Å². The van der Waals surface area contributed by atoms with Gasteiger partial charge in [-0.3, -0.25) is 4.79 Å². The van der Waals surface area contributed by atoms with E-state index in [1.54, 1.807) is 0 Å². The normalized spacial score (nSPS) is 19.9. The smallest absolute Gasteiger partial charge is 0.407 e. The number of carbonyl (C=O) groups is 3. The molecule has 1 aliphatic carbocycles. The number of carbonyl (C=O) groups excluding carboxylic acids is 2. The SMILES string of the molecule is CCCC(CC(=O)N1C[C@H](O)C[C@@H]1C(=O)O)NC(=O)OCC1c2ccccc2-c2ccccc21. The highest BCUT2D eigenvalue weighted by atomic mass is 16.5. The van der Waals surface area contributed by atoms with Crippen molar-refractivity contribution < 1.29 is 29.3 Å². The lowest BCUT2D eigenvalue weighted by Gasteiger charge is -2.25. The van der Waals surface area contributed by atoms with Crippen molar-refractivity contribution in [3.8, 4) is 11.1 Å². The molecule has 0 saturated carbocycles. The Hall–Kier alpha value is -3.39. The number of carboxylic acid groups (broad SMARTS) is 1. The number of nitrogens with zero attached hydrogens (tertiary/aromatic N) is 1. The van der Waals surface area contributed by atoms with Crippen LogP contribution >= 0.6 is 0 Å². The number of hydrogen-bond acceptors (Lipinski definition) is 5. The number of aliphatic hydroxyl groups excluding tert-OH is 1. The van der Waals surface area contributed by atoms with Crippen LogP contribution in [0, 0.1) is 0 Å². The fourth-order valence-corrected chi connectivity index (χ4v) is 5.03. The molecule has 8 nitrogen and oxygen atoms in total. The molecule has 1 unspecified atom stereocenters. The molecule has 1 heterocycles. The molecule has 34 heavy (non-hydrogen) atoms. The van der Waals surface area contributed by atoms with Crippen LogP contribution in [0.15, 0.2) is 48.5 Å². The van der Waals surface area contributed by atoms with Crippen molar-refractivity contribution in [2.75, 3.05) is 13.2 Å². The average Bonchev–Trinajstić information content (AvgIpc) is 3.36. The summed E-state index contributed by atoms with van der Waals surface area (Å²) in [5.41, 5.74) is 4.51. The summed E-state index contributed by atoms with van der Waals surface area (Å²) in [5, 5.41) is 21.9. The van der Waals surface area contributed by atoms with Crippen LogP contribution in [0.3, 0.4) is 0 Å². The van der Waals surface area contributed by atoms with Gasteiger partial charge in [-0.2, -0.15) is 0 Å². The summed E-state index contributed by atoms with van der Waals surface area (Å²) >= 11 is 0. The van der Waals surface area contributed by atoms with Crippen molar-refractivity contribution in [1.29, 1.82) is 0 Å². The second kappa shape index (κ2) is 10.3. The third kappa shape index (κ3) is 4.92. The number of carboxylic acids is 1. The summed E-state index contributed by atoms with van der Waals surface area (Å²) in [4.78, 5) is 38.0. The Balaban J connectivity index is 1.37. The van der Waals surface area contributed by atoms with E-state index < -0.39 is 36.2 Å². The van der Waals surface area contributed by atoms with Crippen LogP contribution in [-0.4, -0.2) is 64.4 Å². The number of benzene rings is 2. The van der Waals surface area contributed by atoms with E-state index in [1.807, 2.05) is 43.3 Å². The van der Waals surface area contributed by atoms with Gasteiger partial charge in [-0.15, -0.1) is 0 Å². The topological polar surface area (TPSA) is 116 Å². The predicted molar refractivity (Wildman–Crippen MR) is 125 cm³/mol. The fraction of sp³-hybridized carbons (Fsp3) is 0.423. The first-order valence-electron chi connectivity index (χ1n) is 11.7. The molecule has 0 radical (unpaired) electrons. The summed E-state index contributed by atoms with van der Waals surface area (Å²) in [5.74, 6) is -1.60. The van der Waals surface area contributed by atoms with Crippen molar-refractivity contribution in [3.05, 3.63) is 59.7 Å². The molecule has 1 fully saturated rings. The predicted octanol–water partition coefficient (Wildman–Crippen LogP) is 3.13. The maximum Gasteiger partial charge on any atom is 0.407 e. The lowest BCUT2D eigenvalue weighted by atomic mass is 9.98. The monoisotopic (exact) mass is 466 g/mol. The van der Waals surface area contributed by atoms with Crippen molar-refractivity contribution in [2.24, 2.45) is 0 Å². The zero-order valence-electron chi connectivity index (χ0n) is 19.1. The minimum Gasteiger partial charge on any atom is -0.480 e. The molecule has 2 aromatic carbocycles. The Kier molecular flexibility index (Phi) is 7.17. The number of amides is 2. The van der Waals surface area contributed by atoms with E-state index in [0.29, 0.717) is 6.42 Å². The van der Waals surface area contributed by atoms with Crippen LogP contribution in [0.5, 0.6) is 0 Å². The van der Waals surface area contributed by atoms with E-state index in [2.05, 4.69) is 17.4 Å². The Morgan fingerprint density at radius 1 is 1.09 bits per heavy atom. The third-order valence-electron chi connectivity index (χ3n) is 6.61. The van der Waals surface area contributed by atoms with Crippen LogP contribution in [0.2, 0.25) is 0 Å². The zero-order valence-corrected chi connectivity index (χ0v) is 19.1. The second-order valence-corrected chi connectivity index (χ2v) is 8.95. The summed E-state index contributed by atoms with van der Waals surface area (Å²) in [6, 6.07) is 14.6. The van der Waals surface area contributed by atoms with Gasteiger partial charge in [0.15, 0.2) is 0 Å². The van der Waals surface area contributed by atoms with Gasteiger partial charge in [0, 0.05) is 31.3 Å². The van der Waals surface area contributed by atoms with Crippen molar-refractivity contribution in [2.45, 2.75) is 56.7 Å². The average molecular weight is 467 g/mol. The van der Waals surface area contributed by atoms with Gasteiger partial charge in [-0.25, -0.2) is 9.59 Å². The Morgan fingerprint density at radius 2 is 1.71 bits per heavy atom. The molecule has 3 N–H and O–H groups in total. The number of aliphatic hydroxyl groups is 1. The second-order valence-electron chi connectivity index (χ2n) is 8.95. The summed E-state index contributed by atoms with van der Waals surface area (Å²) in [6.45, 7) is 2.10. The molecule has 0 spiro atoms. The van der Waals surface area contributed by atoms with Gasteiger partial charge >= 0.3 is 12.1 Å². The van der Waals surface area contributed by atoms with Gasteiger partial charge in [0.25, 0.3) is 0 Å². The number of nitrogens with one attached hydrogen (secondary N) is 1.